The van der Waals surface area contributed by atoms with Crippen molar-refractivity contribution in [1.82, 2.24) is 19.6 Å². The summed E-state index contributed by atoms with van der Waals surface area (Å²) in [4.78, 5) is 8.60. The van der Waals surface area contributed by atoms with Crippen LogP contribution in [-0.2, 0) is 9.84 Å². The van der Waals surface area contributed by atoms with Gasteiger partial charge in [0.2, 0.25) is 9.84 Å². The quantitative estimate of drug-likeness (QED) is 0.549. The van der Waals surface area contributed by atoms with Gasteiger partial charge in [-0.2, -0.15) is 0 Å². The number of sulfone groups is 1. The summed E-state index contributed by atoms with van der Waals surface area (Å²) >= 11 is 6.01. The molecular formula is C19H16ClN5O2S. The number of benzene rings is 1. The lowest BCUT2D eigenvalue weighted by molar-refractivity contribution is 0.597. The molecule has 0 radical (unpaired) electrons. The largest absolute Gasteiger partial charge is 0.370 e. The van der Waals surface area contributed by atoms with E-state index in [-0.39, 0.29) is 21.3 Å². The van der Waals surface area contributed by atoms with E-state index in [0.717, 1.165) is 5.56 Å². The van der Waals surface area contributed by atoms with Crippen molar-refractivity contribution < 1.29 is 8.42 Å². The Morgan fingerprint density at radius 2 is 1.86 bits per heavy atom. The molecule has 7 nitrogen and oxygen atoms in total. The lowest BCUT2D eigenvalue weighted by Gasteiger charge is -2.08. The number of hydrogen-bond acceptors (Lipinski definition) is 6. The molecule has 0 fully saturated rings. The summed E-state index contributed by atoms with van der Waals surface area (Å²) < 4.78 is 28.3. The first-order valence-electron chi connectivity index (χ1n) is 8.41. The Morgan fingerprint density at radius 3 is 2.54 bits per heavy atom. The lowest BCUT2D eigenvalue weighted by Crippen LogP contribution is -2.06. The van der Waals surface area contributed by atoms with E-state index >= 15 is 0 Å². The summed E-state index contributed by atoms with van der Waals surface area (Å²) in [5.74, 6) is 0.216. The van der Waals surface area contributed by atoms with Crippen LogP contribution in [0, 0.1) is 6.92 Å². The van der Waals surface area contributed by atoms with E-state index in [1.165, 1.54) is 16.6 Å². The van der Waals surface area contributed by atoms with Crippen LogP contribution in [-0.4, -0.2) is 35.0 Å². The van der Waals surface area contributed by atoms with E-state index in [1.54, 1.807) is 31.6 Å². The molecule has 0 aliphatic heterocycles. The van der Waals surface area contributed by atoms with Crippen molar-refractivity contribution in [3.05, 3.63) is 65.6 Å². The average Bonchev–Trinajstić information content (AvgIpc) is 3.07. The topological polar surface area (TPSA) is 89.2 Å². The highest BCUT2D eigenvalue weighted by molar-refractivity contribution is 7.91. The highest BCUT2D eigenvalue weighted by Gasteiger charge is 2.29. The molecule has 1 aromatic carbocycles. The second-order valence-electron chi connectivity index (χ2n) is 6.14. The number of pyridine rings is 1. The van der Waals surface area contributed by atoms with Crippen LogP contribution in [0.15, 0.2) is 64.6 Å². The monoisotopic (exact) mass is 413 g/mol. The minimum Gasteiger partial charge on any atom is -0.370 e. The number of nitrogens with one attached hydrogen (secondary N) is 1. The summed E-state index contributed by atoms with van der Waals surface area (Å²) in [6.07, 6.45) is 3.34. The molecule has 0 bridgehead atoms. The molecule has 0 saturated carbocycles. The number of aromatic nitrogens is 4. The first-order chi connectivity index (χ1) is 13.4. The fourth-order valence-electron chi connectivity index (χ4n) is 3.01. The van der Waals surface area contributed by atoms with Crippen molar-refractivity contribution in [3.63, 3.8) is 0 Å². The van der Waals surface area contributed by atoms with Crippen molar-refractivity contribution in [2.45, 2.75) is 16.7 Å². The molecule has 142 valence electrons. The fourth-order valence-corrected chi connectivity index (χ4v) is 4.81. The Morgan fingerprint density at radius 1 is 1.11 bits per heavy atom. The third-order valence-corrected chi connectivity index (χ3v) is 6.29. The predicted octanol–water partition coefficient (Wildman–Crippen LogP) is 3.63. The summed E-state index contributed by atoms with van der Waals surface area (Å²) in [6, 6.07) is 11.7. The smallest absolute Gasteiger partial charge is 0.214 e. The van der Waals surface area contributed by atoms with Gasteiger partial charge >= 0.3 is 0 Å². The van der Waals surface area contributed by atoms with Gasteiger partial charge in [-0.1, -0.05) is 17.7 Å². The second kappa shape index (κ2) is 6.88. The third kappa shape index (κ3) is 3.00. The second-order valence-corrected chi connectivity index (χ2v) is 8.47. The van der Waals surface area contributed by atoms with Crippen LogP contribution < -0.4 is 5.32 Å². The van der Waals surface area contributed by atoms with Crippen LogP contribution in [0.5, 0.6) is 0 Å². The molecule has 4 aromatic rings. The molecule has 0 unspecified atom stereocenters. The molecule has 3 aromatic heterocycles. The summed E-state index contributed by atoms with van der Waals surface area (Å²) in [6.45, 7) is 1.81. The van der Waals surface area contributed by atoms with Gasteiger partial charge in [0.25, 0.3) is 0 Å². The third-order valence-electron chi connectivity index (χ3n) is 4.26. The molecule has 0 spiro atoms. The van der Waals surface area contributed by atoms with Gasteiger partial charge in [-0.3, -0.25) is 4.98 Å². The van der Waals surface area contributed by atoms with E-state index in [9.17, 15) is 8.42 Å². The highest BCUT2D eigenvalue weighted by Crippen LogP contribution is 2.33. The van der Waals surface area contributed by atoms with Crippen LogP contribution in [0.1, 0.15) is 5.69 Å². The maximum Gasteiger partial charge on any atom is 0.214 e. The number of halogens is 1. The Hall–Kier alpha value is -2.97. The van der Waals surface area contributed by atoms with Crippen LogP contribution in [0.25, 0.3) is 16.9 Å². The van der Waals surface area contributed by atoms with Gasteiger partial charge in [-0.05, 0) is 43.3 Å². The number of fused-ring (bicyclic) bond motifs is 1. The summed E-state index contributed by atoms with van der Waals surface area (Å²) in [5.41, 5.74) is 2.48. The number of anilines is 1. The van der Waals surface area contributed by atoms with Crippen LogP contribution in [0.3, 0.4) is 0 Å². The minimum absolute atomic E-state index is 0.0104. The minimum atomic E-state index is -3.91. The van der Waals surface area contributed by atoms with E-state index in [2.05, 4.69) is 20.4 Å². The molecule has 0 atom stereocenters. The van der Waals surface area contributed by atoms with Gasteiger partial charge in [0.1, 0.15) is 0 Å². The molecule has 9 heteroatoms. The number of hydrogen-bond donors (Lipinski definition) is 1. The SMILES string of the molecule is CNc1nn2c(-c3ccncc3)cc(C)nc2c1S(=O)(=O)c1cccc(Cl)c1. The standard InChI is InChI=1S/C19H16ClN5O2S/c1-12-10-16(13-6-8-22-9-7-13)25-19(23-12)17(18(21-2)24-25)28(26,27)15-5-3-4-14(20)11-15/h3-11H,1-2H3,(H,21,24). The Balaban J connectivity index is 2.06. The Kier molecular flexibility index (Phi) is 4.52. The molecular weight excluding hydrogens is 398 g/mol. The molecule has 3 heterocycles. The highest BCUT2D eigenvalue weighted by atomic mass is 35.5. The normalized spacial score (nSPS) is 11.7. The average molecular weight is 414 g/mol. The molecule has 0 amide bonds. The first-order valence-corrected chi connectivity index (χ1v) is 10.3. The maximum atomic E-state index is 13.4. The van der Waals surface area contributed by atoms with Crippen molar-refractivity contribution in [2.75, 3.05) is 12.4 Å². The predicted molar refractivity (Wildman–Crippen MR) is 107 cm³/mol. The molecule has 28 heavy (non-hydrogen) atoms. The van der Waals surface area contributed by atoms with Gasteiger partial charge < -0.3 is 5.32 Å². The van der Waals surface area contributed by atoms with Crippen molar-refractivity contribution >= 4 is 32.9 Å². The summed E-state index contributed by atoms with van der Waals surface area (Å²) in [7, 11) is -2.29. The van der Waals surface area contributed by atoms with Gasteiger partial charge in [-0.25, -0.2) is 17.9 Å². The molecule has 1 N–H and O–H groups in total. The van der Waals surface area contributed by atoms with E-state index in [4.69, 9.17) is 11.6 Å². The number of rotatable bonds is 4. The van der Waals surface area contributed by atoms with Gasteiger partial charge in [0, 0.05) is 35.7 Å². The number of nitrogens with zero attached hydrogens (tertiary/aromatic N) is 4. The maximum absolute atomic E-state index is 13.4. The molecule has 4 rings (SSSR count). The molecule has 0 aliphatic carbocycles. The zero-order valence-electron chi connectivity index (χ0n) is 15.1. The van der Waals surface area contributed by atoms with Crippen LogP contribution in [0.4, 0.5) is 5.82 Å². The van der Waals surface area contributed by atoms with E-state index < -0.39 is 9.84 Å². The Labute approximate surface area is 166 Å². The van der Waals surface area contributed by atoms with E-state index in [0.29, 0.717) is 16.4 Å². The van der Waals surface area contributed by atoms with Crippen molar-refractivity contribution in [3.8, 4) is 11.3 Å². The first kappa shape index (κ1) is 18.4. The lowest BCUT2D eigenvalue weighted by atomic mass is 10.2. The summed E-state index contributed by atoms with van der Waals surface area (Å²) in [5, 5.41) is 7.69. The van der Waals surface area contributed by atoms with Crippen LogP contribution >= 0.6 is 11.6 Å². The zero-order chi connectivity index (χ0) is 19.9. The van der Waals surface area contributed by atoms with Gasteiger partial charge in [0.05, 0.1) is 10.6 Å². The Bertz CT molecular complexity index is 1290. The molecule has 0 aliphatic rings. The van der Waals surface area contributed by atoms with E-state index in [1.807, 2.05) is 25.1 Å². The van der Waals surface area contributed by atoms with Gasteiger partial charge in [0.15, 0.2) is 16.4 Å². The van der Waals surface area contributed by atoms with Crippen molar-refractivity contribution in [1.29, 1.82) is 0 Å². The van der Waals surface area contributed by atoms with Gasteiger partial charge in [-0.15, -0.1) is 5.10 Å². The van der Waals surface area contributed by atoms with Crippen LogP contribution in [0.2, 0.25) is 5.02 Å². The fraction of sp³-hybridized carbons (Fsp3) is 0.105. The zero-order valence-corrected chi connectivity index (χ0v) is 16.7. The number of aryl methyl sites for hydroxylation is 1. The van der Waals surface area contributed by atoms with Crippen molar-refractivity contribution in [2.24, 2.45) is 0 Å². The molecule has 0 saturated heterocycles.